The molecular formula is C19H26FN. The third-order valence-electron chi connectivity index (χ3n) is 6.82. The molecule has 0 aromatic heterocycles. The molecule has 2 heteroatoms. The van der Waals surface area contributed by atoms with E-state index in [2.05, 4.69) is 26.1 Å². The Morgan fingerprint density at radius 3 is 2.71 bits per heavy atom. The van der Waals surface area contributed by atoms with Crippen molar-refractivity contribution < 1.29 is 4.39 Å². The van der Waals surface area contributed by atoms with Crippen LogP contribution in [0.15, 0.2) is 18.2 Å². The van der Waals surface area contributed by atoms with Gasteiger partial charge in [-0.15, -0.1) is 0 Å². The lowest BCUT2D eigenvalue weighted by Gasteiger charge is -2.44. The molecule has 1 aromatic carbocycles. The van der Waals surface area contributed by atoms with Gasteiger partial charge in [-0.1, -0.05) is 26.8 Å². The molecule has 0 amide bonds. The zero-order valence-electron chi connectivity index (χ0n) is 13.4. The van der Waals surface area contributed by atoms with Crippen molar-refractivity contribution in [1.82, 2.24) is 5.32 Å². The molecule has 4 atom stereocenters. The summed E-state index contributed by atoms with van der Waals surface area (Å²) in [6, 6.07) is 6.35. The Hall–Kier alpha value is -0.890. The predicted molar refractivity (Wildman–Crippen MR) is 83.6 cm³/mol. The van der Waals surface area contributed by atoms with Crippen LogP contribution in [0.5, 0.6) is 0 Å². The highest BCUT2D eigenvalue weighted by atomic mass is 19.1. The number of hydrogen-bond acceptors (Lipinski definition) is 1. The van der Waals surface area contributed by atoms with Gasteiger partial charge in [0.15, 0.2) is 0 Å². The van der Waals surface area contributed by atoms with E-state index in [1.807, 2.05) is 6.07 Å². The number of benzene rings is 1. The smallest absolute Gasteiger partial charge is 0.123 e. The van der Waals surface area contributed by atoms with Crippen LogP contribution in [0, 0.1) is 22.6 Å². The summed E-state index contributed by atoms with van der Waals surface area (Å²) in [5.74, 6) is 0.774. The van der Waals surface area contributed by atoms with Crippen LogP contribution in [0.2, 0.25) is 0 Å². The van der Waals surface area contributed by atoms with E-state index < -0.39 is 0 Å². The highest BCUT2D eigenvalue weighted by molar-refractivity contribution is 5.35. The highest BCUT2D eigenvalue weighted by Crippen LogP contribution is 2.62. The molecule has 1 nitrogen and oxygen atoms in total. The topological polar surface area (TPSA) is 12.0 Å². The van der Waals surface area contributed by atoms with Crippen molar-refractivity contribution in [2.45, 2.75) is 65.0 Å². The Morgan fingerprint density at radius 1 is 1.19 bits per heavy atom. The van der Waals surface area contributed by atoms with Crippen molar-refractivity contribution in [2.75, 3.05) is 0 Å². The second-order valence-corrected chi connectivity index (χ2v) is 8.45. The fraction of sp³-hybridized carbons (Fsp3) is 0.684. The van der Waals surface area contributed by atoms with Crippen molar-refractivity contribution in [3.05, 3.63) is 35.1 Å². The van der Waals surface area contributed by atoms with Gasteiger partial charge in [-0.25, -0.2) is 4.39 Å². The number of rotatable bonds is 2. The number of nitrogens with one attached hydrogen (secondary N) is 1. The van der Waals surface area contributed by atoms with Gasteiger partial charge in [-0.2, -0.15) is 0 Å². The van der Waals surface area contributed by atoms with Gasteiger partial charge >= 0.3 is 0 Å². The fourth-order valence-corrected chi connectivity index (χ4v) is 5.68. The largest absolute Gasteiger partial charge is 0.306 e. The van der Waals surface area contributed by atoms with E-state index >= 15 is 0 Å². The minimum absolute atomic E-state index is 0.0957. The van der Waals surface area contributed by atoms with E-state index in [1.165, 1.54) is 30.4 Å². The monoisotopic (exact) mass is 287 g/mol. The molecule has 2 bridgehead atoms. The van der Waals surface area contributed by atoms with Gasteiger partial charge in [0, 0.05) is 12.1 Å². The van der Waals surface area contributed by atoms with Crippen molar-refractivity contribution in [1.29, 1.82) is 0 Å². The number of hydrogen-bond donors (Lipinski definition) is 1. The van der Waals surface area contributed by atoms with Crippen LogP contribution in [0.25, 0.3) is 0 Å². The summed E-state index contributed by atoms with van der Waals surface area (Å²) in [5.41, 5.74) is 3.38. The van der Waals surface area contributed by atoms with Crippen molar-refractivity contribution >= 4 is 0 Å². The second kappa shape index (κ2) is 4.32. The van der Waals surface area contributed by atoms with E-state index in [4.69, 9.17) is 0 Å². The third-order valence-corrected chi connectivity index (χ3v) is 6.82. The van der Waals surface area contributed by atoms with Crippen molar-refractivity contribution in [2.24, 2.45) is 16.7 Å². The van der Waals surface area contributed by atoms with Gasteiger partial charge in [-0.3, -0.25) is 0 Å². The average molecular weight is 287 g/mol. The molecule has 3 aliphatic rings. The molecule has 3 aliphatic carbocycles. The van der Waals surface area contributed by atoms with E-state index in [-0.39, 0.29) is 5.82 Å². The summed E-state index contributed by atoms with van der Waals surface area (Å²) in [5, 5.41) is 3.99. The van der Waals surface area contributed by atoms with E-state index in [1.54, 1.807) is 12.1 Å². The summed E-state index contributed by atoms with van der Waals surface area (Å²) in [7, 11) is 0. The molecule has 0 saturated heterocycles. The van der Waals surface area contributed by atoms with E-state index in [9.17, 15) is 4.39 Å². The molecule has 2 fully saturated rings. The van der Waals surface area contributed by atoms with Gasteiger partial charge in [0.1, 0.15) is 5.82 Å². The summed E-state index contributed by atoms with van der Waals surface area (Å²) < 4.78 is 13.4. The normalized spacial score (nSPS) is 39.7. The number of halogens is 1. The highest BCUT2D eigenvalue weighted by Gasteiger charge is 2.59. The maximum absolute atomic E-state index is 13.4. The summed E-state index contributed by atoms with van der Waals surface area (Å²) in [4.78, 5) is 0. The Labute approximate surface area is 127 Å². The molecule has 2 saturated carbocycles. The van der Waals surface area contributed by atoms with Gasteiger partial charge in [0.05, 0.1) is 0 Å². The number of fused-ring (bicyclic) bond motifs is 3. The number of aryl methyl sites for hydroxylation is 1. The van der Waals surface area contributed by atoms with Crippen LogP contribution in [0.1, 0.15) is 63.6 Å². The van der Waals surface area contributed by atoms with Gasteiger partial charge in [-0.05, 0) is 72.1 Å². The van der Waals surface area contributed by atoms with Crippen molar-refractivity contribution in [3.63, 3.8) is 0 Å². The van der Waals surface area contributed by atoms with Crippen LogP contribution >= 0.6 is 0 Å². The zero-order chi connectivity index (χ0) is 14.8. The quantitative estimate of drug-likeness (QED) is 0.837. The lowest BCUT2D eigenvalue weighted by atomic mass is 9.68. The van der Waals surface area contributed by atoms with Gasteiger partial charge in [0.2, 0.25) is 0 Å². The first kappa shape index (κ1) is 13.8. The molecule has 0 heterocycles. The third kappa shape index (κ3) is 1.91. The van der Waals surface area contributed by atoms with Crippen LogP contribution in [0.3, 0.4) is 0 Å². The molecular weight excluding hydrogens is 261 g/mol. The van der Waals surface area contributed by atoms with Gasteiger partial charge < -0.3 is 5.32 Å². The molecule has 114 valence electrons. The first-order valence-corrected chi connectivity index (χ1v) is 8.44. The lowest BCUT2D eigenvalue weighted by Crippen LogP contribution is -2.51. The Morgan fingerprint density at radius 2 is 2.00 bits per heavy atom. The summed E-state index contributed by atoms with van der Waals surface area (Å²) >= 11 is 0. The van der Waals surface area contributed by atoms with E-state index in [0.717, 1.165) is 18.8 Å². The fourth-order valence-electron chi connectivity index (χ4n) is 5.68. The maximum atomic E-state index is 13.4. The molecule has 4 unspecified atom stereocenters. The molecule has 1 aromatic rings. The first-order valence-electron chi connectivity index (χ1n) is 8.44. The SMILES string of the molecule is CC12CCC(C1)C(C)(C)C2NC1CCc2cc(F)ccc21. The van der Waals surface area contributed by atoms with Crippen LogP contribution in [-0.4, -0.2) is 6.04 Å². The molecule has 0 radical (unpaired) electrons. The minimum atomic E-state index is -0.0957. The lowest BCUT2D eigenvalue weighted by molar-refractivity contribution is 0.0983. The van der Waals surface area contributed by atoms with Crippen LogP contribution < -0.4 is 5.32 Å². The van der Waals surface area contributed by atoms with Gasteiger partial charge in [0.25, 0.3) is 0 Å². The Kier molecular flexibility index (Phi) is 2.83. The Balaban J connectivity index is 1.61. The zero-order valence-corrected chi connectivity index (χ0v) is 13.4. The first-order chi connectivity index (χ1) is 9.90. The minimum Gasteiger partial charge on any atom is -0.306 e. The molecule has 21 heavy (non-hydrogen) atoms. The van der Waals surface area contributed by atoms with Crippen LogP contribution in [0.4, 0.5) is 4.39 Å². The maximum Gasteiger partial charge on any atom is 0.123 e. The molecule has 1 N–H and O–H groups in total. The van der Waals surface area contributed by atoms with E-state index in [0.29, 0.717) is 22.9 Å². The standard InChI is InChI=1S/C19H26FN/c1-18(2)13-8-9-19(3,11-13)17(18)21-16-7-4-12-10-14(20)5-6-15(12)16/h5-6,10,13,16-17,21H,4,7-9,11H2,1-3H3. The summed E-state index contributed by atoms with van der Waals surface area (Å²) in [6.07, 6.45) is 6.26. The summed E-state index contributed by atoms with van der Waals surface area (Å²) in [6.45, 7) is 7.36. The molecule has 0 aliphatic heterocycles. The Bertz CT molecular complexity index is 574. The molecule has 0 spiro atoms. The van der Waals surface area contributed by atoms with Crippen molar-refractivity contribution in [3.8, 4) is 0 Å². The second-order valence-electron chi connectivity index (χ2n) is 8.45. The predicted octanol–water partition coefficient (Wildman–Crippen LogP) is 4.62. The average Bonchev–Trinajstić information content (AvgIpc) is 3.04. The van der Waals surface area contributed by atoms with Crippen LogP contribution in [-0.2, 0) is 6.42 Å². The molecule has 4 rings (SSSR count).